The molecule has 0 spiro atoms. The van der Waals surface area contributed by atoms with Crippen molar-refractivity contribution in [2.24, 2.45) is 0 Å². The van der Waals surface area contributed by atoms with Gasteiger partial charge in [-0.1, -0.05) is 28.1 Å². The van der Waals surface area contributed by atoms with E-state index in [9.17, 15) is 0 Å². The molecule has 0 amide bonds. The average Bonchev–Trinajstić information content (AvgIpc) is 2.39. The van der Waals surface area contributed by atoms with Crippen molar-refractivity contribution in [1.82, 2.24) is 9.97 Å². The van der Waals surface area contributed by atoms with Crippen molar-refractivity contribution in [1.29, 1.82) is 5.26 Å². The fourth-order valence-electron chi connectivity index (χ4n) is 1.61. The summed E-state index contributed by atoms with van der Waals surface area (Å²) in [4.78, 5) is 9.99. The first kappa shape index (κ1) is 12.5. The summed E-state index contributed by atoms with van der Waals surface area (Å²) >= 11 is 3.44. The molecule has 0 aliphatic carbocycles. The fourth-order valence-corrected chi connectivity index (χ4v) is 2.05. The number of nitrogens with zero attached hydrogens (tertiary/aromatic N) is 4. The molecule has 0 saturated carbocycles. The zero-order chi connectivity index (χ0) is 13.0. The smallest absolute Gasteiger partial charge is 0.145 e. The van der Waals surface area contributed by atoms with Crippen LogP contribution in [0.1, 0.15) is 11.3 Å². The third-order valence-corrected chi connectivity index (χ3v) is 2.96. The molecule has 0 aliphatic heterocycles. The predicted octanol–water partition coefficient (Wildman–Crippen LogP) is 2.75. The summed E-state index contributed by atoms with van der Waals surface area (Å²) in [5.74, 6) is 0.738. The zero-order valence-electron chi connectivity index (χ0n) is 9.84. The van der Waals surface area contributed by atoms with Gasteiger partial charge in [0.1, 0.15) is 23.9 Å². The highest BCUT2D eigenvalue weighted by Gasteiger charge is 2.05. The summed E-state index contributed by atoms with van der Waals surface area (Å²) in [6.45, 7) is 0.724. The molecule has 0 N–H and O–H groups in total. The van der Waals surface area contributed by atoms with Crippen LogP contribution in [0.3, 0.4) is 0 Å². The van der Waals surface area contributed by atoms with Crippen LogP contribution in [0.15, 0.2) is 41.1 Å². The molecule has 0 aliphatic rings. The molecule has 0 fully saturated rings. The molecular weight excluding hydrogens is 292 g/mol. The Morgan fingerprint density at radius 3 is 2.89 bits per heavy atom. The molecule has 4 nitrogen and oxygen atoms in total. The molecule has 2 rings (SSSR count). The molecule has 1 heterocycles. The second-order valence-corrected chi connectivity index (χ2v) is 4.77. The van der Waals surface area contributed by atoms with Crippen LogP contribution in [-0.4, -0.2) is 17.0 Å². The van der Waals surface area contributed by atoms with E-state index in [0.29, 0.717) is 5.69 Å². The molecule has 18 heavy (non-hydrogen) atoms. The largest absolute Gasteiger partial charge is 0.355 e. The van der Waals surface area contributed by atoms with Gasteiger partial charge in [-0.05, 0) is 17.7 Å². The molecule has 1 aromatic heterocycles. The van der Waals surface area contributed by atoms with Crippen molar-refractivity contribution in [3.63, 3.8) is 0 Å². The molecule has 90 valence electrons. The van der Waals surface area contributed by atoms with Crippen molar-refractivity contribution in [3.05, 3.63) is 52.4 Å². The van der Waals surface area contributed by atoms with Crippen molar-refractivity contribution in [2.45, 2.75) is 6.54 Å². The van der Waals surface area contributed by atoms with E-state index in [1.165, 1.54) is 11.9 Å². The first-order valence-corrected chi connectivity index (χ1v) is 6.16. The van der Waals surface area contributed by atoms with Crippen LogP contribution in [0.5, 0.6) is 0 Å². The number of anilines is 1. The van der Waals surface area contributed by atoms with Gasteiger partial charge in [-0.3, -0.25) is 0 Å². The Hall–Kier alpha value is -1.93. The molecule has 1 aromatic carbocycles. The second-order valence-electron chi connectivity index (χ2n) is 3.86. The molecule has 5 heteroatoms. The van der Waals surface area contributed by atoms with Gasteiger partial charge < -0.3 is 4.90 Å². The normalized spacial score (nSPS) is 9.83. The number of rotatable bonds is 3. The van der Waals surface area contributed by atoms with Gasteiger partial charge >= 0.3 is 0 Å². The van der Waals surface area contributed by atoms with Gasteiger partial charge in [0.2, 0.25) is 0 Å². The number of nitriles is 1. The van der Waals surface area contributed by atoms with Crippen molar-refractivity contribution in [3.8, 4) is 6.07 Å². The standard InChI is InChI=1S/C13H11BrN4/c1-18(8-10-3-2-4-11(14)5-10)13-6-12(7-15)16-9-17-13/h2-6,9H,8H2,1H3. The van der Waals surface area contributed by atoms with Crippen LogP contribution in [0, 0.1) is 11.3 Å². The van der Waals surface area contributed by atoms with Gasteiger partial charge in [-0.25, -0.2) is 9.97 Å². The third kappa shape index (κ3) is 3.05. The Balaban J connectivity index is 2.17. The highest BCUT2D eigenvalue weighted by atomic mass is 79.9. The van der Waals surface area contributed by atoms with Gasteiger partial charge in [0.15, 0.2) is 0 Å². The Morgan fingerprint density at radius 1 is 1.33 bits per heavy atom. The lowest BCUT2D eigenvalue weighted by Gasteiger charge is -2.18. The van der Waals surface area contributed by atoms with E-state index in [0.717, 1.165) is 16.8 Å². The van der Waals surface area contributed by atoms with Crippen LogP contribution in [0.4, 0.5) is 5.82 Å². The summed E-state index contributed by atoms with van der Waals surface area (Å²) in [5.41, 5.74) is 1.55. The molecule has 0 bridgehead atoms. The van der Waals surface area contributed by atoms with Crippen LogP contribution < -0.4 is 4.90 Å². The van der Waals surface area contributed by atoms with E-state index in [1.807, 2.05) is 36.2 Å². The highest BCUT2D eigenvalue weighted by molar-refractivity contribution is 9.10. The number of aromatic nitrogens is 2. The Morgan fingerprint density at radius 2 is 2.17 bits per heavy atom. The van der Waals surface area contributed by atoms with E-state index in [-0.39, 0.29) is 0 Å². The lowest BCUT2D eigenvalue weighted by atomic mass is 10.2. The van der Waals surface area contributed by atoms with Gasteiger partial charge in [0, 0.05) is 24.1 Å². The van der Waals surface area contributed by atoms with E-state index < -0.39 is 0 Å². The number of benzene rings is 1. The molecule has 0 saturated heterocycles. The Kier molecular flexibility index (Phi) is 3.90. The Labute approximate surface area is 114 Å². The number of hydrogen-bond acceptors (Lipinski definition) is 4. The average molecular weight is 303 g/mol. The first-order chi connectivity index (χ1) is 8.69. The van der Waals surface area contributed by atoms with Crippen LogP contribution in [-0.2, 0) is 6.54 Å². The van der Waals surface area contributed by atoms with Gasteiger partial charge in [0.25, 0.3) is 0 Å². The lowest BCUT2D eigenvalue weighted by molar-refractivity contribution is 0.888. The van der Waals surface area contributed by atoms with Crippen LogP contribution >= 0.6 is 15.9 Å². The SMILES string of the molecule is CN(Cc1cccc(Br)c1)c1cc(C#N)ncn1. The minimum Gasteiger partial charge on any atom is -0.355 e. The van der Waals surface area contributed by atoms with Gasteiger partial charge in [-0.15, -0.1) is 0 Å². The predicted molar refractivity (Wildman–Crippen MR) is 73.0 cm³/mol. The molecule has 2 aromatic rings. The molecule has 0 unspecified atom stereocenters. The van der Waals surface area contributed by atoms with Crippen molar-refractivity contribution in [2.75, 3.05) is 11.9 Å². The molecular formula is C13H11BrN4. The maximum absolute atomic E-state index is 8.80. The van der Waals surface area contributed by atoms with Crippen LogP contribution in [0.25, 0.3) is 0 Å². The minimum atomic E-state index is 0.376. The van der Waals surface area contributed by atoms with Gasteiger partial charge in [-0.2, -0.15) is 5.26 Å². The monoisotopic (exact) mass is 302 g/mol. The summed E-state index contributed by atoms with van der Waals surface area (Å²) in [5, 5.41) is 8.80. The van der Waals surface area contributed by atoms with E-state index in [4.69, 9.17) is 5.26 Å². The van der Waals surface area contributed by atoms with Crippen molar-refractivity contribution >= 4 is 21.7 Å². The maximum Gasteiger partial charge on any atom is 0.145 e. The van der Waals surface area contributed by atoms with E-state index >= 15 is 0 Å². The topological polar surface area (TPSA) is 52.8 Å². The van der Waals surface area contributed by atoms with E-state index in [1.54, 1.807) is 6.07 Å². The second kappa shape index (κ2) is 5.61. The number of hydrogen-bond donors (Lipinski definition) is 0. The fraction of sp³-hybridized carbons (Fsp3) is 0.154. The molecule has 0 atom stereocenters. The Bertz CT molecular complexity index is 592. The zero-order valence-corrected chi connectivity index (χ0v) is 11.4. The summed E-state index contributed by atoms with van der Waals surface area (Å²) in [6, 6.07) is 11.8. The summed E-state index contributed by atoms with van der Waals surface area (Å²) in [7, 11) is 1.93. The van der Waals surface area contributed by atoms with Crippen molar-refractivity contribution < 1.29 is 0 Å². The number of halogens is 1. The summed E-state index contributed by atoms with van der Waals surface area (Å²) in [6.07, 6.45) is 1.41. The van der Waals surface area contributed by atoms with Crippen LogP contribution in [0.2, 0.25) is 0 Å². The maximum atomic E-state index is 8.80. The quantitative estimate of drug-likeness (QED) is 0.875. The van der Waals surface area contributed by atoms with E-state index in [2.05, 4.69) is 32.0 Å². The first-order valence-electron chi connectivity index (χ1n) is 5.37. The van der Waals surface area contributed by atoms with Gasteiger partial charge in [0.05, 0.1) is 0 Å². The summed E-state index contributed by atoms with van der Waals surface area (Å²) < 4.78 is 1.05. The lowest BCUT2D eigenvalue weighted by Crippen LogP contribution is -2.17. The minimum absolute atomic E-state index is 0.376. The molecule has 0 radical (unpaired) electrons. The third-order valence-electron chi connectivity index (χ3n) is 2.47. The highest BCUT2D eigenvalue weighted by Crippen LogP contribution is 2.16.